The zero-order valence-corrected chi connectivity index (χ0v) is 11.9. The largest absolute Gasteiger partial charge is 0.377 e. The number of hydrogen-bond acceptors (Lipinski definition) is 5. The number of anilines is 1. The van der Waals surface area contributed by atoms with E-state index in [1.54, 1.807) is 0 Å². The number of rotatable bonds is 4. The molecule has 0 amide bonds. The van der Waals surface area contributed by atoms with Crippen molar-refractivity contribution in [3.05, 3.63) is 28.3 Å². The minimum Gasteiger partial charge on any atom is -0.377 e. The molecule has 0 aliphatic heterocycles. The van der Waals surface area contributed by atoms with Crippen LogP contribution in [0.15, 0.2) is 23.1 Å². The zero-order chi connectivity index (χ0) is 14.9. The number of hydrogen-bond donors (Lipinski definition) is 2. The third kappa shape index (κ3) is 3.26. The maximum Gasteiger partial charge on any atom is 0.293 e. The molecule has 1 aromatic carbocycles. The fourth-order valence-electron chi connectivity index (χ4n) is 2.52. The third-order valence-corrected chi connectivity index (χ3v) is 4.46. The Morgan fingerprint density at radius 2 is 2.10 bits per heavy atom. The van der Waals surface area contributed by atoms with Gasteiger partial charge in [-0.25, -0.2) is 13.6 Å². The fraction of sp³-hybridized carbons (Fsp3) is 0.500. The van der Waals surface area contributed by atoms with Gasteiger partial charge in [-0.2, -0.15) is 0 Å². The van der Waals surface area contributed by atoms with E-state index in [2.05, 4.69) is 12.2 Å². The highest BCUT2D eigenvalue weighted by Crippen LogP contribution is 2.32. The molecule has 1 aliphatic carbocycles. The van der Waals surface area contributed by atoms with Crippen LogP contribution < -0.4 is 10.5 Å². The third-order valence-electron chi connectivity index (χ3n) is 3.55. The van der Waals surface area contributed by atoms with Crippen molar-refractivity contribution in [1.82, 2.24) is 0 Å². The molecule has 2 atom stereocenters. The summed E-state index contributed by atoms with van der Waals surface area (Å²) in [6, 6.07) is 3.86. The molecule has 8 heteroatoms. The normalized spacial score (nSPS) is 22.7. The van der Waals surface area contributed by atoms with Gasteiger partial charge in [-0.3, -0.25) is 10.1 Å². The second-order valence-corrected chi connectivity index (χ2v) is 6.80. The number of primary sulfonamides is 1. The first kappa shape index (κ1) is 14.7. The lowest BCUT2D eigenvalue weighted by molar-refractivity contribution is -0.384. The Labute approximate surface area is 117 Å². The van der Waals surface area contributed by atoms with Crippen LogP contribution in [-0.2, 0) is 10.0 Å². The molecule has 1 fully saturated rings. The fourth-order valence-corrected chi connectivity index (χ4v) is 3.05. The van der Waals surface area contributed by atoms with E-state index in [0.717, 1.165) is 25.3 Å². The van der Waals surface area contributed by atoms with Crippen LogP contribution in [-0.4, -0.2) is 19.4 Å². The van der Waals surface area contributed by atoms with Crippen LogP contribution in [0.5, 0.6) is 0 Å². The summed E-state index contributed by atoms with van der Waals surface area (Å²) in [5.74, 6) is 0.593. The molecule has 0 aromatic heterocycles. The highest BCUT2D eigenvalue weighted by atomic mass is 32.2. The summed E-state index contributed by atoms with van der Waals surface area (Å²) >= 11 is 0. The summed E-state index contributed by atoms with van der Waals surface area (Å²) in [5, 5.41) is 19.2. The number of benzene rings is 1. The topological polar surface area (TPSA) is 115 Å². The number of sulfonamides is 1. The van der Waals surface area contributed by atoms with Crippen LogP contribution in [0.2, 0.25) is 0 Å². The van der Waals surface area contributed by atoms with Crippen LogP contribution in [0.4, 0.5) is 11.4 Å². The SMILES string of the molecule is CC1CCC(Nc2ccc(S(N)(=O)=O)cc2[N+](=O)[O-])C1. The molecular weight excluding hydrogens is 282 g/mol. The molecule has 20 heavy (non-hydrogen) atoms. The van der Waals surface area contributed by atoms with Gasteiger partial charge < -0.3 is 5.32 Å². The summed E-state index contributed by atoms with van der Waals surface area (Å²) in [7, 11) is -3.94. The van der Waals surface area contributed by atoms with Gasteiger partial charge in [0.15, 0.2) is 0 Å². The molecule has 1 aromatic rings. The van der Waals surface area contributed by atoms with Crippen molar-refractivity contribution in [2.45, 2.75) is 37.1 Å². The van der Waals surface area contributed by atoms with Crippen LogP contribution >= 0.6 is 0 Å². The molecule has 0 heterocycles. The van der Waals surface area contributed by atoms with E-state index in [-0.39, 0.29) is 16.6 Å². The standard InChI is InChI=1S/C12H17N3O4S/c1-8-2-3-9(6-8)14-11-5-4-10(20(13,18)19)7-12(11)15(16)17/h4-5,7-9,14H,2-3,6H2,1H3,(H2,13,18,19). The van der Waals surface area contributed by atoms with Gasteiger partial charge in [-0.15, -0.1) is 0 Å². The molecule has 2 unspecified atom stereocenters. The van der Waals surface area contributed by atoms with Gasteiger partial charge in [0, 0.05) is 12.1 Å². The van der Waals surface area contributed by atoms with Crippen molar-refractivity contribution in [3.63, 3.8) is 0 Å². The number of nitrogens with zero attached hydrogens (tertiary/aromatic N) is 1. The van der Waals surface area contributed by atoms with E-state index in [1.807, 2.05) is 0 Å². The van der Waals surface area contributed by atoms with Gasteiger partial charge >= 0.3 is 0 Å². The van der Waals surface area contributed by atoms with E-state index in [9.17, 15) is 18.5 Å². The lowest BCUT2D eigenvalue weighted by Crippen LogP contribution is -2.17. The molecule has 7 nitrogen and oxygen atoms in total. The molecule has 3 N–H and O–H groups in total. The molecular formula is C12H17N3O4S. The number of nitrogens with two attached hydrogens (primary N) is 1. The van der Waals surface area contributed by atoms with Crippen molar-refractivity contribution in [2.75, 3.05) is 5.32 Å². The van der Waals surface area contributed by atoms with Crippen LogP contribution in [0.25, 0.3) is 0 Å². The zero-order valence-electron chi connectivity index (χ0n) is 11.1. The molecule has 110 valence electrons. The maximum atomic E-state index is 11.2. The summed E-state index contributed by atoms with van der Waals surface area (Å²) in [5.41, 5.74) is 0.0672. The van der Waals surface area contributed by atoms with Gasteiger partial charge in [0.05, 0.1) is 9.82 Å². The van der Waals surface area contributed by atoms with Crippen molar-refractivity contribution in [1.29, 1.82) is 0 Å². The second-order valence-electron chi connectivity index (χ2n) is 5.24. The lowest BCUT2D eigenvalue weighted by atomic mass is 10.1. The first-order chi connectivity index (χ1) is 9.27. The quantitative estimate of drug-likeness (QED) is 0.650. The van der Waals surface area contributed by atoms with E-state index in [1.165, 1.54) is 12.1 Å². The predicted octanol–water partition coefficient (Wildman–Crippen LogP) is 1.84. The van der Waals surface area contributed by atoms with Crippen molar-refractivity contribution in [2.24, 2.45) is 11.1 Å². The van der Waals surface area contributed by atoms with Crippen molar-refractivity contribution < 1.29 is 13.3 Å². The first-order valence-corrected chi connectivity index (χ1v) is 7.90. The summed E-state index contributed by atoms with van der Waals surface area (Å²) in [6.45, 7) is 2.14. The second kappa shape index (κ2) is 5.37. The Hall–Kier alpha value is -1.67. The molecule has 2 rings (SSSR count). The number of nitro groups is 1. The van der Waals surface area contributed by atoms with Gasteiger partial charge in [-0.1, -0.05) is 6.92 Å². The van der Waals surface area contributed by atoms with E-state index >= 15 is 0 Å². The van der Waals surface area contributed by atoms with Crippen LogP contribution in [0, 0.1) is 16.0 Å². The molecule has 1 saturated carbocycles. The highest BCUT2D eigenvalue weighted by molar-refractivity contribution is 7.89. The molecule has 0 bridgehead atoms. The van der Waals surface area contributed by atoms with E-state index in [4.69, 9.17) is 5.14 Å². The summed E-state index contributed by atoms with van der Waals surface area (Å²) < 4.78 is 22.5. The van der Waals surface area contributed by atoms with Gasteiger partial charge in [0.2, 0.25) is 10.0 Å². The van der Waals surface area contributed by atoms with E-state index < -0.39 is 14.9 Å². The minimum absolute atomic E-state index is 0.184. The molecule has 0 spiro atoms. The Kier molecular flexibility index (Phi) is 3.96. The molecule has 0 radical (unpaired) electrons. The van der Waals surface area contributed by atoms with Gasteiger partial charge in [0.1, 0.15) is 5.69 Å². The van der Waals surface area contributed by atoms with Gasteiger partial charge in [-0.05, 0) is 37.3 Å². The van der Waals surface area contributed by atoms with E-state index in [0.29, 0.717) is 11.6 Å². The van der Waals surface area contributed by atoms with Crippen LogP contribution in [0.1, 0.15) is 26.2 Å². The Bertz CT molecular complexity index is 630. The average Bonchev–Trinajstić information content (AvgIpc) is 2.73. The minimum atomic E-state index is -3.94. The highest BCUT2D eigenvalue weighted by Gasteiger charge is 2.25. The van der Waals surface area contributed by atoms with Crippen molar-refractivity contribution in [3.8, 4) is 0 Å². The number of nitrogens with one attached hydrogen (secondary N) is 1. The first-order valence-electron chi connectivity index (χ1n) is 6.35. The predicted molar refractivity (Wildman–Crippen MR) is 74.9 cm³/mol. The average molecular weight is 299 g/mol. The number of nitro benzene ring substituents is 1. The maximum absolute atomic E-state index is 11.2. The Morgan fingerprint density at radius 1 is 1.40 bits per heavy atom. The Morgan fingerprint density at radius 3 is 2.60 bits per heavy atom. The van der Waals surface area contributed by atoms with Crippen LogP contribution in [0.3, 0.4) is 0 Å². The summed E-state index contributed by atoms with van der Waals surface area (Å²) in [4.78, 5) is 10.2. The Balaban J connectivity index is 2.31. The monoisotopic (exact) mass is 299 g/mol. The lowest BCUT2D eigenvalue weighted by Gasteiger charge is -2.14. The molecule has 0 saturated heterocycles. The smallest absolute Gasteiger partial charge is 0.293 e. The van der Waals surface area contributed by atoms with Gasteiger partial charge in [0.25, 0.3) is 5.69 Å². The van der Waals surface area contributed by atoms with Crippen molar-refractivity contribution >= 4 is 21.4 Å². The summed E-state index contributed by atoms with van der Waals surface area (Å²) in [6.07, 6.45) is 2.99. The molecule has 1 aliphatic rings.